The van der Waals surface area contributed by atoms with Gasteiger partial charge in [-0.2, -0.15) is 13.2 Å². The monoisotopic (exact) mass is 527 g/mol. The van der Waals surface area contributed by atoms with Gasteiger partial charge < -0.3 is 16.0 Å². The first kappa shape index (κ1) is 25.8. The Balaban J connectivity index is 0.00000420. The maximum absolute atomic E-state index is 12.9. The first-order valence-corrected chi connectivity index (χ1v) is 9.94. The number of hydrogen-bond acceptors (Lipinski definition) is 3. The maximum atomic E-state index is 12.9. The Kier molecular flexibility index (Phi) is 11.1. The number of nitrogens with two attached hydrogens (primary N) is 1. The van der Waals surface area contributed by atoms with Crippen LogP contribution < -0.4 is 16.0 Å². The molecule has 0 spiro atoms. The summed E-state index contributed by atoms with van der Waals surface area (Å²) < 4.78 is 38.6. The molecular weight excluding hydrogens is 494 g/mol. The average Bonchev–Trinajstić information content (AvgIpc) is 2.66. The van der Waals surface area contributed by atoms with E-state index < -0.39 is 11.7 Å². The van der Waals surface area contributed by atoms with E-state index in [1.54, 1.807) is 6.07 Å². The van der Waals surface area contributed by atoms with Gasteiger partial charge in [0, 0.05) is 45.0 Å². The summed E-state index contributed by atoms with van der Waals surface area (Å²) in [4.78, 5) is 8.65. The number of benzene rings is 1. The van der Waals surface area contributed by atoms with Crippen LogP contribution in [0.25, 0.3) is 0 Å². The molecule has 1 aliphatic heterocycles. The highest BCUT2D eigenvalue weighted by Gasteiger charge is 2.31. The predicted molar refractivity (Wildman–Crippen MR) is 124 cm³/mol. The largest absolute Gasteiger partial charge is 0.416 e. The van der Waals surface area contributed by atoms with Crippen molar-refractivity contribution in [3.8, 4) is 0 Å². The molecule has 0 aromatic heterocycles. The molecule has 1 aliphatic rings. The number of piperazine rings is 1. The molecule has 0 bridgehead atoms. The van der Waals surface area contributed by atoms with E-state index in [1.807, 2.05) is 4.90 Å². The standard InChI is InChI=1S/C20H32F3N5.HI/c1-16(2)15-26-19(24)25-8-3-4-9-27-10-12-28(13-11-27)18-7-5-6-17(14-18)20(21,22)23;/h5-7,14,16H,3-4,8-13,15H2,1-2H3,(H3,24,25,26);1H. The van der Waals surface area contributed by atoms with E-state index in [1.165, 1.54) is 12.1 Å². The fourth-order valence-corrected chi connectivity index (χ4v) is 3.12. The molecule has 0 aliphatic carbocycles. The van der Waals surface area contributed by atoms with E-state index in [4.69, 9.17) is 5.73 Å². The van der Waals surface area contributed by atoms with Crippen molar-refractivity contribution in [3.63, 3.8) is 0 Å². The number of anilines is 1. The van der Waals surface area contributed by atoms with E-state index in [-0.39, 0.29) is 24.0 Å². The Morgan fingerprint density at radius 2 is 1.86 bits per heavy atom. The lowest BCUT2D eigenvalue weighted by atomic mass is 10.1. The zero-order chi connectivity index (χ0) is 20.6. The molecule has 1 aromatic carbocycles. The molecule has 0 saturated carbocycles. The van der Waals surface area contributed by atoms with Gasteiger partial charge in [0.15, 0.2) is 5.96 Å². The molecular formula is C20H33F3IN5. The van der Waals surface area contributed by atoms with Crippen molar-refractivity contribution in [1.82, 2.24) is 10.2 Å². The fraction of sp³-hybridized carbons (Fsp3) is 0.650. The molecule has 29 heavy (non-hydrogen) atoms. The number of rotatable bonds is 8. The van der Waals surface area contributed by atoms with Crippen molar-refractivity contribution in [2.75, 3.05) is 50.7 Å². The van der Waals surface area contributed by atoms with Gasteiger partial charge in [0.1, 0.15) is 0 Å². The highest BCUT2D eigenvalue weighted by atomic mass is 127. The third-order valence-corrected chi connectivity index (χ3v) is 4.74. The Morgan fingerprint density at radius 1 is 1.17 bits per heavy atom. The summed E-state index contributed by atoms with van der Waals surface area (Å²) in [6, 6.07) is 5.59. The Morgan fingerprint density at radius 3 is 2.48 bits per heavy atom. The number of guanidine groups is 1. The van der Waals surface area contributed by atoms with Crippen LogP contribution in [0.1, 0.15) is 32.3 Å². The fourth-order valence-electron chi connectivity index (χ4n) is 3.12. The second-order valence-corrected chi connectivity index (χ2v) is 7.63. The minimum Gasteiger partial charge on any atom is -0.370 e. The van der Waals surface area contributed by atoms with E-state index in [0.717, 1.165) is 64.7 Å². The molecule has 2 rings (SSSR count). The van der Waals surface area contributed by atoms with Gasteiger partial charge in [-0.05, 0) is 43.5 Å². The number of nitrogens with one attached hydrogen (secondary N) is 1. The van der Waals surface area contributed by atoms with Gasteiger partial charge in [-0.3, -0.25) is 9.89 Å². The number of alkyl halides is 3. The van der Waals surface area contributed by atoms with Crippen molar-refractivity contribution in [2.45, 2.75) is 32.9 Å². The van der Waals surface area contributed by atoms with Crippen LogP contribution in [0.15, 0.2) is 29.3 Å². The van der Waals surface area contributed by atoms with E-state index in [9.17, 15) is 13.2 Å². The predicted octanol–water partition coefficient (Wildman–Crippen LogP) is 3.79. The normalized spacial score (nSPS) is 16.1. The summed E-state index contributed by atoms with van der Waals surface area (Å²) in [5, 5.41) is 3.13. The van der Waals surface area contributed by atoms with Crippen molar-refractivity contribution in [1.29, 1.82) is 0 Å². The van der Waals surface area contributed by atoms with Crippen molar-refractivity contribution in [3.05, 3.63) is 29.8 Å². The van der Waals surface area contributed by atoms with E-state index in [0.29, 0.717) is 17.6 Å². The number of aliphatic imine (C=N–C) groups is 1. The molecule has 0 radical (unpaired) electrons. The van der Waals surface area contributed by atoms with Gasteiger partial charge in [-0.1, -0.05) is 19.9 Å². The minimum absolute atomic E-state index is 0. The van der Waals surface area contributed by atoms with Gasteiger partial charge in [0.25, 0.3) is 0 Å². The Hall–Kier alpha value is -1.23. The first-order valence-electron chi connectivity index (χ1n) is 9.94. The van der Waals surface area contributed by atoms with Crippen LogP contribution in [0.4, 0.5) is 18.9 Å². The smallest absolute Gasteiger partial charge is 0.370 e. The van der Waals surface area contributed by atoms with Crippen LogP contribution in [0, 0.1) is 5.92 Å². The molecule has 166 valence electrons. The first-order chi connectivity index (χ1) is 13.3. The van der Waals surface area contributed by atoms with Crippen LogP contribution in [-0.4, -0.2) is 56.7 Å². The van der Waals surface area contributed by atoms with Gasteiger partial charge in [0.2, 0.25) is 0 Å². The minimum atomic E-state index is -4.30. The van der Waals surface area contributed by atoms with E-state index in [2.05, 4.69) is 29.1 Å². The molecule has 1 saturated heterocycles. The molecule has 0 amide bonds. The molecule has 0 unspecified atom stereocenters. The summed E-state index contributed by atoms with van der Waals surface area (Å²) in [6.07, 6.45) is -2.24. The highest BCUT2D eigenvalue weighted by Crippen LogP contribution is 2.31. The lowest BCUT2D eigenvalue weighted by molar-refractivity contribution is -0.137. The molecule has 1 aromatic rings. The lowest BCUT2D eigenvalue weighted by Crippen LogP contribution is -2.46. The topological polar surface area (TPSA) is 56.9 Å². The zero-order valence-corrected chi connectivity index (χ0v) is 19.5. The molecule has 3 N–H and O–H groups in total. The molecule has 5 nitrogen and oxygen atoms in total. The summed E-state index contributed by atoms with van der Waals surface area (Å²) in [7, 11) is 0. The van der Waals surface area contributed by atoms with Crippen LogP contribution >= 0.6 is 24.0 Å². The van der Waals surface area contributed by atoms with Gasteiger partial charge in [0.05, 0.1) is 5.56 Å². The zero-order valence-electron chi connectivity index (χ0n) is 17.2. The highest BCUT2D eigenvalue weighted by molar-refractivity contribution is 14.0. The average molecular weight is 527 g/mol. The van der Waals surface area contributed by atoms with Crippen LogP contribution in [0.3, 0.4) is 0 Å². The van der Waals surface area contributed by atoms with Crippen molar-refractivity contribution >= 4 is 35.6 Å². The number of unbranched alkanes of at least 4 members (excludes halogenated alkanes) is 1. The van der Waals surface area contributed by atoms with Gasteiger partial charge in [-0.25, -0.2) is 0 Å². The number of halogens is 4. The van der Waals surface area contributed by atoms with Crippen molar-refractivity contribution in [2.24, 2.45) is 16.6 Å². The van der Waals surface area contributed by atoms with E-state index >= 15 is 0 Å². The molecule has 1 heterocycles. The Labute approximate surface area is 188 Å². The molecule has 0 atom stereocenters. The SMILES string of the molecule is CC(C)CN=C(N)NCCCCN1CCN(c2cccc(C(F)(F)F)c2)CC1.I. The van der Waals surface area contributed by atoms with Gasteiger partial charge in [-0.15, -0.1) is 24.0 Å². The molecule has 9 heteroatoms. The summed E-state index contributed by atoms with van der Waals surface area (Å²) in [5.74, 6) is 0.998. The summed E-state index contributed by atoms with van der Waals surface area (Å²) >= 11 is 0. The second kappa shape index (κ2) is 12.5. The summed E-state index contributed by atoms with van der Waals surface area (Å²) in [5.41, 5.74) is 5.87. The van der Waals surface area contributed by atoms with Crippen LogP contribution in [0.5, 0.6) is 0 Å². The second-order valence-electron chi connectivity index (χ2n) is 7.63. The number of hydrogen-bond donors (Lipinski definition) is 2. The summed E-state index contributed by atoms with van der Waals surface area (Å²) in [6.45, 7) is 9.94. The third-order valence-electron chi connectivity index (χ3n) is 4.74. The number of nitrogens with zero attached hydrogens (tertiary/aromatic N) is 3. The van der Waals surface area contributed by atoms with Crippen molar-refractivity contribution < 1.29 is 13.2 Å². The van der Waals surface area contributed by atoms with Gasteiger partial charge >= 0.3 is 6.18 Å². The third kappa shape index (κ3) is 9.41. The van der Waals surface area contributed by atoms with Crippen LogP contribution in [0.2, 0.25) is 0 Å². The Bertz CT molecular complexity index is 629. The quantitative estimate of drug-likeness (QED) is 0.234. The molecule has 1 fully saturated rings. The lowest BCUT2D eigenvalue weighted by Gasteiger charge is -2.36. The maximum Gasteiger partial charge on any atom is 0.416 e. The van der Waals surface area contributed by atoms with Crippen LogP contribution in [-0.2, 0) is 6.18 Å².